The van der Waals surface area contributed by atoms with Crippen LogP contribution < -0.4 is 0 Å². The number of carbonyl (C=O) groups excluding carboxylic acids is 1. The molecular weight excluding hydrogens is 322 g/mol. The van der Waals surface area contributed by atoms with Crippen LogP contribution in [0.5, 0.6) is 0 Å². The maximum absolute atomic E-state index is 12.4. The Bertz CT molecular complexity index is 614. The van der Waals surface area contributed by atoms with Gasteiger partial charge in [0.15, 0.2) is 0 Å². The summed E-state index contributed by atoms with van der Waals surface area (Å²) in [5, 5.41) is 3.15. The van der Waals surface area contributed by atoms with Gasteiger partial charge in [-0.25, -0.2) is 0 Å². The molecule has 1 saturated heterocycles. The van der Waals surface area contributed by atoms with Crippen molar-refractivity contribution < 1.29 is 4.79 Å². The van der Waals surface area contributed by atoms with Gasteiger partial charge >= 0.3 is 0 Å². The van der Waals surface area contributed by atoms with Gasteiger partial charge in [-0.3, -0.25) is 4.79 Å². The van der Waals surface area contributed by atoms with Crippen LogP contribution in [0.1, 0.15) is 26.9 Å². The molecule has 1 aliphatic heterocycles. The molecule has 1 amide bonds. The lowest BCUT2D eigenvalue weighted by Crippen LogP contribution is -2.32. The van der Waals surface area contributed by atoms with Crippen molar-refractivity contribution in [1.82, 2.24) is 4.90 Å². The standard InChI is InChI=1S/C16H16ClNOS2/c17-13-5-2-1-4-12(13)14-7-8-18(9-11-21-14)16(19)15-6-3-10-20-15/h1-6,10,14H,7-9,11H2/t14-/m1/s1. The van der Waals surface area contributed by atoms with Crippen molar-refractivity contribution >= 4 is 40.6 Å². The number of halogens is 1. The van der Waals surface area contributed by atoms with E-state index in [-0.39, 0.29) is 5.91 Å². The van der Waals surface area contributed by atoms with Crippen LogP contribution in [0.4, 0.5) is 0 Å². The molecule has 0 aliphatic carbocycles. The second-order valence-electron chi connectivity index (χ2n) is 4.94. The molecule has 1 aliphatic rings. The second kappa shape index (κ2) is 6.86. The van der Waals surface area contributed by atoms with Gasteiger partial charge in [0.25, 0.3) is 5.91 Å². The average Bonchev–Trinajstić information content (AvgIpc) is 2.92. The fourth-order valence-electron chi connectivity index (χ4n) is 2.51. The molecule has 0 unspecified atom stereocenters. The zero-order valence-electron chi connectivity index (χ0n) is 11.5. The van der Waals surface area contributed by atoms with Gasteiger partial charge in [0.2, 0.25) is 0 Å². The fourth-order valence-corrected chi connectivity index (χ4v) is 4.80. The smallest absolute Gasteiger partial charge is 0.263 e. The number of nitrogens with zero attached hydrogens (tertiary/aromatic N) is 1. The average molecular weight is 338 g/mol. The van der Waals surface area contributed by atoms with E-state index in [9.17, 15) is 4.79 Å². The van der Waals surface area contributed by atoms with Crippen molar-refractivity contribution in [3.63, 3.8) is 0 Å². The molecule has 1 atom stereocenters. The van der Waals surface area contributed by atoms with E-state index in [4.69, 9.17) is 11.6 Å². The first-order chi connectivity index (χ1) is 10.3. The molecule has 0 radical (unpaired) electrons. The molecule has 0 bridgehead atoms. The van der Waals surface area contributed by atoms with E-state index >= 15 is 0 Å². The Hall–Kier alpha value is -0.970. The van der Waals surface area contributed by atoms with Crippen molar-refractivity contribution in [3.8, 4) is 0 Å². The van der Waals surface area contributed by atoms with Crippen molar-refractivity contribution in [2.24, 2.45) is 0 Å². The Morgan fingerprint density at radius 2 is 2.05 bits per heavy atom. The minimum atomic E-state index is 0.158. The van der Waals surface area contributed by atoms with Crippen molar-refractivity contribution in [1.29, 1.82) is 0 Å². The van der Waals surface area contributed by atoms with Crippen molar-refractivity contribution in [2.75, 3.05) is 18.8 Å². The predicted octanol–water partition coefficient (Wildman–Crippen LogP) is 4.72. The number of hydrogen-bond donors (Lipinski definition) is 0. The van der Waals surface area contributed by atoms with Gasteiger partial charge in [0.1, 0.15) is 0 Å². The van der Waals surface area contributed by atoms with E-state index in [0.717, 1.165) is 35.2 Å². The molecule has 1 fully saturated rings. The molecule has 1 aromatic carbocycles. The molecular formula is C16H16ClNOS2. The monoisotopic (exact) mass is 337 g/mol. The highest BCUT2D eigenvalue weighted by atomic mass is 35.5. The lowest BCUT2D eigenvalue weighted by atomic mass is 10.1. The third-order valence-electron chi connectivity index (χ3n) is 3.61. The van der Waals surface area contributed by atoms with Gasteiger partial charge in [0.05, 0.1) is 4.88 Å². The first-order valence-corrected chi connectivity index (χ1v) is 9.25. The molecule has 0 saturated carbocycles. The summed E-state index contributed by atoms with van der Waals surface area (Å²) >= 11 is 9.71. The van der Waals surface area contributed by atoms with E-state index in [0.29, 0.717) is 5.25 Å². The molecule has 21 heavy (non-hydrogen) atoms. The summed E-state index contributed by atoms with van der Waals surface area (Å²) in [7, 11) is 0. The molecule has 110 valence electrons. The third kappa shape index (κ3) is 3.44. The summed E-state index contributed by atoms with van der Waals surface area (Å²) in [5.41, 5.74) is 1.19. The lowest BCUT2D eigenvalue weighted by molar-refractivity contribution is 0.0771. The molecule has 3 rings (SSSR count). The molecule has 0 N–H and O–H groups in total. The van der Waals surface area contributed by atoms with Crippen LogP contribution >= 0.6 is 34.7 Å². The van der Waals surface area contributed by atoms with Gasteiger partial charge in [-0.05, 0) is 29.5 Å². The first-order valence-electron chi connectivity index (χ1n) is 6.94. The van der Waals surface area contributed by atoms with E-state index < -0.39 is 0 Å². The van der Waals surface area contributed by atoms with Crippen LogP contribution in [0.25, 0.3) is 0 Å². The molecule has 2 nitrogen and oxygen atoms in total. The largest absolute Gasteiger partial charge is 0.337 e. The maximum atomic E-state index is 12.4. The van der Waals surface area contributed by atoms with Gasteiger partial charge in [-0.15, -0.1) is 11.3 Å². The quantitative estimate of drug-likeness (QED) is 0.790. The van der Waals surface area contributed by atoms with Crippen LogP contribution in [-0.2, 0) is 0 Å². The number of benzene rings is 1. The zero-order chi connectivity index (χ0) is 14.7. The van der Waals surface area contributed by atoms with Gasteiger partial charge in [-0.1, -0.05) is 35.9 Å². The number of rotatable bonds is 2. The molecule has 0 spiro atoms. The highest BCUT2D eigenvalue weighted by Gasteiger charge is 2.24. The van der Waals surface area contributed by atoms with Crippen LogP contribution in [0, 0.1) is 0 Å². The molecule has 2 aromatic rings. The molecule has 1 aromatic heterocycles. The summed E-state index contributed by atoms with van der Waals surface area (Å²) < 4.78 is 0. The Kier molecular flexibility index (Phi) is 4.88. The van der Waals surface area contributed by atoms with E-state index in [1.54, 1.807) is 0 Å². The summed E-state index contributed by atoms with van der Waals surface area (Å²) in [6, 6.07) is 11.8. The molecule has 2 heterocycles. The summed E-state index contributed by atoms with van der Waals surface area (Å²) in [5.74, 6) is 1.11. The lowest BCUT2D eigenvalue weighted by Gasteiger charge is -2.19. The SMILES string of the molecule is O=C(c1cccs1)N1CCS[C@@H](c2ccccc2Cl)CC1. The van der Waals surface area contributed by atoms with E-state index in [1.807, 2.05) is 52.4 Å². The highest BCUT2D eigenvalue weighted by molar-refractivity contribution is 7.99. The summed E-state index contributed by atoms with van der Waals surface area (Å²) in [4.78, 5) is 15.2. The minimum Gasteiger partial charge on any atom is -0.337 e. The summed E-state index contributed by atoms with van der Waals surface area (Å²) in [6.07, 6.45) is 0.950. The second-order valence-corrected chi connectivity index (χ2v) is 7.60. The van der Waals surface area contributed by atoms with Crippen molar-refractivity contribution in [3.05, 3.63) is 57.2 Å². The van der Waals surface area contributed by atoms with Crippen LogP contribution in [0.3, 0.4) is 0 Å². The Morgan fingerprint density at radius 3 is 2.81 bits per heavy atom. The Labute approximate surface area is 138 Å². The Morgan fingerprint density at radius 1 is 1.19 bits per heavy atom. The van der Waals surface area contributed by atoms with Crippen LogP contribution in [0.2, 0.25) is 5.02 Å². The number of hydrogen-bond acceptors (Lipinski definition) is 3. The van der Waals surface area contributed by atoms with Crippen LogP contribution in [0.15, 0.2) is 41.8 Å². The predicted molar refractivity (Wildman–Crippen MR) is 91.5 cm³/mol. The summed E-state index contributed by atoms with van der Waals surface area (Å²) in [6.45, 7) is 1.60. The van der Waals surface area contributed by atoms with Gasteiger partial charge in [-0.2, -0.15) is 11.8 Å². The number of carbonyl (C=O) groups is 1. The first kappa shape index (κ1) is 14.9. The number of thioether (sulfide) groups is 1. The van der Waals surface area contributed by atoms with Gasteiger partial charge < -0.3 is 4.90 Å². The normalized spacial score (nSPS) is 19.3. The minimum absolute atomic E-state index is 0.158. The highest BCUT2D eigenvalue weighted by Crippen LogP contribution is 2.38. The Balaban J connectivity index is 1.70. The third-order valence-corrected chi connectivity index (χ3v) is 6.13. The van der Waals surface area contributed by atoms with Crippen LogP contribution in [-0.4, -0.2) is 29.6 Å². The molecule has 5 heteroatoms. The zero-order valence-corrected chi connectivity index (χ0v) is 13.9. The maximum Gasteiger partial charge on any atom is 0.263 e. The topological polar surface area (TPSA) is 20.3 Å². The number of amides is 1. The van der Waals surface area contributed by atoms with E-state index in [2.05, 4.69) is 6.07 Å². The van der Waals surface area contributed by atoms with E-state index in [1.165, 1.54) is 16.9 Å². The fraction of sp³-hybridized carbons (Fsp3) is 0.312. The number of thiophene rings is 1. The van der Waals surface area contributed by atoms with Crippen molar-refractivity contribution in [2.45, 2.75) is 11.7 Å². The van der Waals surface area contributed by atoms with Gasteiger partial charge in [0, 0.05) is 29.1 Å².